The first-order chi connectivity index (χ1) is 9.12. The molecule has 1 aromatic carbocycles. The maximum Gasteiger partial charge on any atom is 0.229 e. The lowest BCUT2D eigenvalue weighted by atomic mass is 10.2. The summed E-state index contributed by atoms with van der Waals surface area (Å²) in [5, 5.41) is 0. The Kier molecular flexibility index (Phi) is 3.83. The van der Waals surface area contributed by atoms with Crippen LogP contribution in [0.4, 0.5) is 11.4 Å². The molecular formula is C11H16N2O5S2. The standard InChI is InChI=1S/C11H16N2O5S2/c1-19(14,15)12-8-3-6-11(18-9-4-5-9)10(7-8)13-20(2,16)17/h3,6-7,9,12-13H,4-5H2,1-2H3. The van der Waals surface area contributed by atoms with Crippen molar-refractivity contribution in [2.24, 2.45) is 0 Å². The van der Waals surface area contributed by atoms with Gasteiger partial charge in [-0.3, -0.25) is 9.44 Å². The predicted molar refractivity (Wildman–Crippen MR) is 77.0 cm³/mol. The van der Waals surface area contributed by atoms with E-state index in [1.807, 2.05) is 0 Å². The van der Waals surface area contributed by atoms with Crippen LogP contribution in [-0.4, -0.2) is 35.5 Å². The molecule has 2 rings (SSSR count). The third kappa shape index (κ3) is 4.89. The van der Waals surface area contributed by atoms with E-state index in [0.717, 1.165) is 25.4 Å². The van der Waals surface area contributed by atoms with E-state index in [4.69, 9.17) is 4.74 Å². The van der Waals surface area contributed by atoms with Crippen LogP contribution in [0.3, 0.4) is 0 Å². The van der Waals surface area contributed by atoms with Crippen molar-refractivity contribution in [2.45, 2.75) is 18.9 Å². The quantitative estimate of drug-likeness (QED) is 0.813. The molecule has 0 unspecified atom stereocenters. The highest BCUT2D eigenvalue weighted by Gasteiger charge is 2.25. The van der Waals surface area contributed by atoms with E-state index in [0.29, 0.717) is 5.75 Å². The summed E-state index contributed by atoms with van der Waals surface area (Å²) in [7, 11) is -6.91. The van der Waals surface area contributed by atoms with Crippen molar-refractivity contribution in [1.82, 2.24) is 0 Å². The molecule has 1 aliphatic rings. The molecule has 20 heavy (non-hydrogen) atoms. The zero-order chi connectivity index (χ0) is 15.0. The average Bonchev–Trinajstić information content (AvgIpc) is 3.01. The summed E-state index contributed by atoms with van der Waals surface area (Å²) in [5.41, 5.74) is 0.481. The molecule has 0 saturated heterocycles. The Labute approximate surface area is 118 Å². The first-order valence-electron chi connectivity index (χ1n) is 5.89. The molecule has 0 amide bonds. The first kappa shape index (κ1) is 14.9. The topological polar surface area (TPSA) is 102 Å². The first-order valence-corrected chi connectivity index (χ1v) is 9.67. The highest BCUT2D eigenvalue weighted by molar-refractivity contribution is 7.92. The van der Waals surface area contributed by atoms with Crippen LogP contribution in [0, 0.1) is 0 Å². The van der Waals surface area contributed by atoms with Crippen LogP contribution in [0.1, 0.15) is 12.8 Å². The van der Waals surface area contributed by atoms with Crippen LogP contribution in [0.5, 0.6) is 5.75 Å². The summed E-state index contributed by atoms with van der Waals surface area (Å²) < 4.78 is 55.3. The molecule has 0 radical (unpaired) electrons. The van der Waals surface area contributed by atoms with Crippen molar-refractivity contribution < 1.29 is 21.6 Å². The summed E-state index contributed by atoms with van der Waals surface area (Å²) in [6.07, 6.45) is 4.00. The Bertz CT molecular complexity index is 708. The summed E-state index contributed by atoms with van der Waals surface area (Å²) in [6, 6.07) is 4.45. The van der Waals surface area contributed by atoms with Gasteiger partial charge in [-0.1, -0.05) is 0 Å². The molecular weight excluding hydrogens is 304 g/mol. The monoisotopic (exact) mass is 320 g/mol. The van der Waals surface area contributed by atoms with Crippen LogP contribution >= 0.6 is 0 Å². The minimum Gasteiger partial charge on any atom is -0.488 e. The van der Waals surface area contributed by atoms with E-state index < -0.39 is 20.0 Å². The molecule has 9 heteroatoms. The van der Waals surface area contributed by atoms with Gasteiger partial charge in [-0.25, -0.2) is 16.8 Å². The van der Waals surface area contributed by atoms with Gasteiger partial charge in [0, 0.05) is 0 Å². The fourth-order valence-electron chi connectivity index (χ4n) is 1.56. The molecule has 0 aromatic heterocycles. The predicted octanol–water partition coefficient (Wildman–Crippen LogP) is 0.971. The zero-order valence-corrected chi connectivity index (χ0v) is 12.7. The highest BCUT2D eigenvalue weighted by atomic mass is 32.2. The van der Waals surface area contributed by atoms with Crippen molar-refractivity contribution >= 4 is 31.4 Å². The Hall–Kier alpha value is -1.48. The molecule has 0 heterocycles. The highest BCUT2D eigenvalue weighted by Crippen LogP contribution is 2.34. The number of benzene rings is 1. The van der Waals surface area contributed by atoms with Gasteiger partial charge in [-0.15, -0.1) is 0 Å². The minimum atomic E-state index is -3.48. The molecule has 112 valence electrons. The van der Waals surface area contributed by atoms with Gasteiger partial charge >= 0.3 is 0 Å². The van der Waals surface area contributed by atoms with E-state index in [1.165, 1.54) is 12.1 Å². The number of anilines is 2. The molecule has 7 nitrogen and oxygen atoms in total. The fourth-order valence-corrected chi connectivity index (χ4v) is 2.67. The summed E-state index contributed by atoms with van der Waals surface area (Å²) in [4.78, 5) is 0. The van der Waals surface area contributed by atoms with E-state index in [2.05, 4.69) is 9.44 Å². The van der Waals surface area contributed by atoms with Crippen molar-refractivity contribution in [1.29, 1.82) is 0 Å². The maximum absolute atomic E-state index is 11.3. The Morgan fingerprint density at radius 1 is 1.05 bits per heavy atom. The van der Waals surface area contributed by atoms with E-state index in [-0.39, 0.29) is 17.5 Å². The van der Waals surface area contributed by atoms with Gasteiger partial charge in [-0.05, 0) is 31.0 Å². The number of rotatable bonds is 6. The van der Waals surface area contributed by atoms with Gasteiger partial charge in [0.2, 0.25) is 20.0 Å². The minimum absolute atomic E-state index is 0.101. The molecule has 1 saturated carbocycles. The third-order valence-electron chi connectivity index (χ3n) is 2.40. The smallest absolute Gasteiger partial charge is 0.229 e. The Morgan fingerprint density at radius 3 is 2.15 bits per heavy atom. The number of hydrogen-bond donors (Lipinski definition) is 2. The number of hydrogen-bond acceptors (Lipinski definition) is 5. The summed E-state index contributed by atoms with van der Waals surface area (Å²) >= 11 is 0. The lowest BCUT2D eigenvalue weighted by molar-refractivity contribution is 0.305. The van der Waals surface area contributed by atoms with Gasteiger partial charge in [-0.2, -0.15) is 0 Å². The number of nitrogens with one attached hydrogen (secondary N) is 2. The van der Waals surface area contributed by atoms with Gasteiger partial charge in [0.05, 0.1) is 30.0 Å². The van der Waals surface area contributed by atoms with Crippen LogP contribution in [0.2, 0.25) is 0 Å². The number of sulfonamides is 2. The normalized spacial score (nSPS) is 15.7. The van der Waals surface area contributed by atoms with Crippen LogP contribution in [0.15, 0.2) is 18.2 Å². The molecule has 1 fully saturated rings. The molecule has 0 bridgehead atoms. The maximum atomic E-state index is 11.3. The Balaban J connectivity index is 2.32. The molecule has 0 aliphatic heterocycles. The van der Waals surface area contributed by atoms with E-state index >= 15 is 0 Å². The van der Waals surface area contributed by atoms with Crippen molar-refractivity contribution in [3.63, 3.8) is 0 Å². The van der Waals surface area contributed by atoms with Crippen LogP contribution in [0.25, 0.3) is 0 Å². The molecule has 1 aliphatic carbocycles. The number of ether oxygens (including phenoxy) is 1. The Morgan fingerprint density at radius 2 is 1.65 bits per heavy atom. The van der Waals surface area contributed by atoms with Crippen LogP contribution in [-0.2, 0) is 20.0 Å². The second-order valence-corrected chi connectivity index (χ2v) is 8.27. The van der Waals surface area contributed by atoms with Crippen molar-refractivity contribution in [2.75, 3.05) is 22.0 Å². The molecule has 0 spiro atoms. The van der Waals surface area contributed by atoms with E-state index in [1.54, 1.807) is 6.07 Å². The zero-order valence-electron chi connectivity index (χ0n) is 11.1. The third-order valence-corrected chi connectivity index (χ3v) is 3.59. The van der Waals surface area contributed by atoms with Crippen LogP contribution < -0.4 is 14.2 Å². The SMILES string of the molecule is CS(=O)(=O)Nc1ccc(OC2CC2)c(NS(C)(=O)=O)c1. The van der Waals surface area contributed by atoms with E-state index in [9.17, 15) is 16.8 Å². The second kappa shape index (κ2) is 5.13. The second-order valence-electron chi connectivity index (χ2n) is 4.78. The van der Waals surface area contributed by atoms with Crippen molar-refractivity contribution in [3.8, 4) is 5.75 Å². The summed E-state index contributed by atoms with van der Waals surface area (Å²) in [5.74, 6) is 0.386. The fraction of sp³-hybridized carbons (Fsp3) is 0.455. The van der Waals surface area contributed by atoms with Gasteiger partial charge in [0.15, 0.2) is 0 Å². The van der Waals surface area contributed by atoms with Gasteiger partial charge in [0.25, 0.3) is 0 Å². The van der Waals surface area contributed by atoms with Crippen molar-refractivity contribution in [3.05, 3.63) is 18.2 Å². The molecule has 2 N–H and O–H groups in total. The summed E-state index contributed by atoms with van der Waals surface area (Å²) in [6.45, 7) is 0. The largest absolute Gasteiger partial charge is 0.488 e. The average molecular weight is 320 g/mol. The molecule has 1 aromatic rings. The van der Waals surface area contributed by atoms with Gasteiger partial charge < -0.3 is 4.74 Å². The lowest BCUT2D eigenvalue weighted by Crippen LogP contribution is -2.13. The molecule has 0 atom stereocenters. The van der Waals surface area contributed by atoms with Gasteiger partial charge in [0.1, 0.15) is 5.75 Å². The lowest BCUT2D eigenvalue weighted by Gasteiger charge is -2.14.